The highest BCUT2D eigenvalue weighted by Gasteiger charge is 2.14. The summed E-state index contributed by atoms with van der Waals surface area (Å²) < 4.78 is 21.7. The Balaban J connectivity index is 0.000000604. The second-order valence-electron chi connectivity index (χ2n) is 7.19. The van der Waals surface area contributed by atoms with E-state index in [4.69, 9.17) is 38.7 Å². The lowest BCUT2D eigenvalue weighted by atomic mass is 10.1. The van der Waals surface area contributed by atoms with Gasteiger partial charge in [-0.25, -0.2) is 9.59 Å². The fourth-order valence-corrected chi connectivity index (χ4v) is 3.49. The lowest BCUT2D eigenvalue weighted by Gasteiger charge is -2.15. The van der Waals surface area contributed by atoms with Crippen LogP contribution in [0.3, 0.4) is 0 Å². The molecule has 0 aliphatic carbocycles. The maximum Gasteiger partial charge on any atom is 0.414 e. The minimum absolute atomic E-state index is 0.640. The van der Waals surface area contributed by atoms with Crippen LogP contribution in [0.2, 0.25) is 0 Å². The number of methoxy groups -OCH3 is 4. The summed E-state index contributed by atoms with van der Waals surface area (Å²) in [5.74, 6) is -0.576. The van der Waals surface area contributed by atoms with Crippen molar-refractivity contribution >= 4 is 22.8 Å². The van der Waals surface area contributed by atoms with Crippen molar-refractivity contribution in [3.8, 4) is 23.0 Å². The molecule has 2 aromatic carbocycles. The summed E-state index contributed by atoms with van der Waals surface area (Å²) >= 11 is 0. The fraction of sp³-hybridized carbons (Fsp3) is 0.333. The van der Waals surface area contributed by atoms with Crippen molar-refractivity contribution in [3.63, 3.8) is 0 Å². The number of rotatable bonds is 9. The zero-order valence-electron chi connectivity index (χ0n) is 19.9. The molecule has 0 radical (unpaired) electrons. The quantitative estimate of drug-likeness (QED) is 0.272. The number of carbonyl (C=O) groups is 2. The Morgan fingerprint density at radius 3 is 1.94 bits per heavy atom. The molecule has 184 valence electrons. The van der Waals surface area contributed by atoms with Gasteiger partial charge >= 0.3 is 11.9 Å². The highest BCUT2D eigenvalue weighted by atomic mass is 16.5. The fourth-order valence-electron chi connectivity index (χ4n) is 3.49. The molecule has 10 heteroatoms. The van der Waals surface area contributed by atoms with Crippen LogP contribution in [0.4, 0.5) is 0 Å². The predicted molar refractivity (Wildman–Crippen MR) is 126 cm³/mol. The van der Waals surface area contributed by atoms with Crippen molar-refractivity contribution in [3.05, 3.63) is 47.2 Å². The van der Waals surface area contributed by atoms with Crippen LogP contribution in [0.15, 0.2) is 30.3 Å². The Labute approximate surface area is 197 Å². The van der Waals surface area contributed by atoms with Gasteiger partial charge in [-0.05, 0) is 43.7 Å². The SMILES string of the molecule is COc1cc(OC)c(CNCCc2c(C)[nH]c3ccc(OC)cc23)c(OC)c1.O=C(O)C(=O)O. The molecule has 0 unspecified atom stereocenters. The van der Waals surface area contributed by atoms with Gasteiger partial charge in [0, 0.05) is 35.3 Å². The number of carboxylic acid groups (broad SMARTS) is 2. The smallest absolute Gasteiger partial charge is 0.414 e. The Morgan fingerprint density at radius 2 is 1.44 bits per heavy atom. The van der Waals surface area contributed by atoms with Crippen LogP contribution >= 0.6 is 0 Å². The third-order valence-electron chi connectivity index (χ3n) is 5.18. The number of hydrogen-bond acceptors (Lipinski definition) is 7. The number of fused-ring (bicyclic) bond motifs is 1. The molecule has 0 fully saturated rings. The maximum absolute atomic E-state index is 9.10. The number of ether oxygens (including phenoxy) is 4. The van der Waals surface area contributed by atoms with E-state index in [-0.39, 0.29) is 0 Å². The van der Waals surface area contributed by atoms with Gasteiger partial charge in [0.2, 0.25) is 0 Å². The molecule has 0 aliphatic rings. The number of H-pyrrole nitrogens is 1. The molecule has 0 spiro atoms. The standard InChI is InChI=1S/C22H28N2O4.C2H2O4/c1-14-17(18-10-15(25-2)6-7-20(18)24-14)8-9-23-13-19-21(27-4)11-16(26-3)12-22(19)28-5;3-1(4)2(5)6/h6-7,10-12,23-24H,8-9,13H2,1-5H3;(H,3,4)(H,5,6). The number of aryl methyl sites for hydroxylation is 1. The minimum Gasteiger partial charge on any atom is -0.497 e. The van der Waals surface area contributed by atoms with Crippen LogP contribution in [0.25, 0.3) is 10.9 Å². The van der Waals surface area contributed by atoms with Crippen LogP contribution in [-0.2, 0) is 22.6 Å². The lowest BCUT2D eigenvalue weighted by Crippen LogP contribution is -2.18. The lowest BCUT2D eigenvalue weighted by molar-refractivity contribution is -0.159. The van der Waals surface area contributed by atoms with Crippen molar-refractivity contribution in [2.75, 3.05) is 35.0 Å². The number of carboxylic acids is 2. The van der Waals surface area contributed by atoms with E-state index in [1.165, 1.54) is 16.6 Å². The van der Waals surface area contributed by atoms with Crippen molar-refractivity contribution < 1.29 is 38.7 Å². The molecular formula is C24H30N2O8. The second-order valence-corrected chi connectivity index (χ2v) is 7.19. The molecule has 0 saturated heterocycles. The van der Waals surface area contributed by atoms with E-state index in [9.17, 15) is 0 Å². The highest BCUT2D eigenvalue weighted by Crippen LogP contribution is 2.34. The molecule has 0 saturated carbocycles. The highest BCUT2D eigenvalue weighted by molar-refractivity contribution is 6.27. The Hall–Kier alpha value is -3.92. The van der Waals surface area contributed by atoms with Crippen molar-refractivity contribution in [2.24, 2.45) is 0 Å². The molecule has 10 nitrogen and oxygen atoms in total. The van der Waals surface area contributed by atoms with Crippen molar-refractivity contribution in [1.29, 1.82) is 0 Å². The number of aromatic nitrogens is 1. The first kappa shape index (κ1) is 26.3. The summed E-state index contributed by atoms with van der Waals surface area (Å²) in [7, 11) is 6.63. The topological polar surface area (TPSA) is 139 Å². The van der Waals surface area contributed by atoms with Gasteiger partial charge in [-0.15, -0.1) is 0 Å². The average Bonchev–Trinajstić information content (AvgIpc) is 3.15. The van der Waals surface area contributed by atoms with E-state index < -0.39 is 11.9 Å². The van der Waals surface area contributed by atoms with Gasteiger partial charge in [-0.3, -0.25) is 0 Å². The zero-order chi connectivity index (χ0) is 25.3. The monoisotopic (exact) mass is 474 g/mol. The Morgan fingerprint density at radius 1 is 0.853 bits per heavy atom. The van der Waals surface area contributed by atoms with Crippen LogP contribution in [0.1, 0.15) is 16.8 Å². The Kier molecular flexibility index (Phi) is 9.57. The first-order valence-electron chi connectivity index (χ1n) is 10.4. The average molecular weight is 475 g/mol. The molecule has 3 aromatic rings. The Bertz CT molecular complexity index is 1100. The summed E-state index contributed by atoms with van der Waals surface area (Å²) in [5.41, 5.74) is 4.59. The third kappa shape index (κ3) is 6.55. The molecule has 1 heterocycles. The normalized spacial score (nSPS) is 10.3. The summed E-state index contributed by atoms with van der Waals surface area (Å²) in [4.78, 5) is 21.6. The van der Waals surface area contributed by atoms with E-state index in [1.807, 2.05) is 18.2 Å². The van der Waals surface area contributed by atoms with Crippen molar-refractivity contribution in [1.82, 2.24) is 10.3 Å². The van der Waals surface area contributed by atoms with Crippen LogP contribution < -0.4 is 24.3 Å². The molecule has 0 aliphatic heterocycles. The summed E-state index contributed by atoms with van der Waals surface area (Å²) in [5, 5.41) is 19.5. The van der Waals surface area contributed by atoms with E-state index in [0.717, 1.165) is 41.3 Å². The van der Waals surface area contributed by atoms with Gasteiger partial charge < -0.3 is 39.5 Å². The first-order chi connectivity index (χ1) is 16.2. The van der Waals surface area contributed by atoms with Crippen LogP contribution in [0, 0.1) is 6.92 Å². The predicted octanol–water partition coefficient (Wildman–Crippen LogP) is 3.00. The van der Waals surface area contributed by atoms with Gasteiger partial charge in [0.1, 0.15) is 23.0 Å². The molecular weight excluding hydrogens is 444 g/mol. The van der Waals surface area contributed by atoms with Gasteiger partial charge in [-0.1, -0.05) is 0 Å². The van der Waals surface area contributed by atoms with Gasteiger partial charge in [0.05, 0.1) is 34.0 Å². The van der Waals surface area contributed by atoms with E-state index in [2.05, 4.69) is 29.4 Å². The number of benzene rings is 2. The molecule has 0 atom stereocenters. The van der Waals surface area contributed by atoms with Crippen LogP contribution in [0.5, 0.6) is 23.0 Å². The van der Waals surface area contributed by atoms with Crippen molar-refractivity contribution in [2.45, 2.75) is 19.9 Å². The van der Waals surface area contributed by atoms with Gasteiger partial charge in [0.25, 0.3) is 0 Å². The van der Waals surface area contributed by atoms with E-state index in [1.54, 1.807) is 28.4 Å². The number of hydrogen-bond donors (Lipinski definition) is 4. The van der Waals surface area contributed by atoms with Gasteiger partial charge in [-0.2, -0.15) is 0 Å². The maximum atomic E-state index is 9.10. The number of nitrogens with one attached hydrogen (secondary N) is 2. The zero-order valence-corrected chi connectivity index (χ0v) is 19.9. The van der Waals surface area contributed by atoms with Crippen LogP contribution in [-0.4, -0.2) is 62.1 Å². The molecule has 4 N–H and O–H groups in total. The van der Waals surface area contributed by atoms with E-state index in [0.29, 0.717) is 12.3 Å². The summed E-state index contributed by atoms with van der Waals surface area (Å²) in [6.07, 6.45) is 0.903. The minimum atomic E-state index is -1.82. The molecule has 3 rings (SSSR count). The molecule has 1 aromatic heterocycles. The molecule has 0 amide bonds. The third-order valence-corrected chi connectivity index (χ3v) is 5.18. The molecule has 0 bridgehead atoms. The second kappa shape index (κ2) is 12.4. The number of aromatic amines is 1. The van der Waals surface area contributed by atoms with Gasteiger partial charge in [0.15, 0.2) is 0 Å². The summed E-state index contributed by atoms with van der Waals surface area (Å²) in [6.45, 7) is 3.57. The molecule has 34 heavy (non-hydrogen) atoms. The number of aliphatic carboxylic acids is 2. The largest absolute Gasteiger partial charge is 0.497 e. The first-order valence-corrected chi connectivity index (χ1v) is 10.4. The van der Waals surface area contributed by atoms with E-state index >= 15 is 0 Å². The summed E-state index contributed by atoms with van der Waals surface area (Å²) in [6, 6.07) is 9.86.